The number of aryl methyl sites for hydroxylation is 1. The quantitative estimate of drug-likeness (QED) is 0.689. The van der Waals surface area contributed by atoms with E-state index in [0.717, 1.165) is 15.8 Å². The van der Waals surface area contributed by atoms with Crippen LogP contribution in [0.3, 0.4) is 0 Å². The Labute approximate surface area is 142 Å². The van der Waals surface area contributed by atoms with Gasteiger partial charge in [0.05, 0.1) is 10.2 Å². The van der Waals surface area contributed by atoms with Crippen molar-refractivity contribution in [2.45, 2.75) is 6.92 Å². The number of anilines is 1. The van der Waals surface area contributed by atoms with Gasteiger partial charge in [0.2, 0.25) is 5.13 Å². The number of carbonyl (C=O) groups is 1. The lowest BCUT2D eigenvalue weighted by atomic mass is 10.2. The van der Waals surface area contributed by atoms with Crippen molar-refractivity contribution in [2.75, 3.05) is 12.0 Å². The summed E-state index contributed by atoms with van der Waals surface area (Å²) >= 11 is 7.41. The Bertz CT molecular complexity index is 817. The first-order valence-electron chi connectivity index (χ1n) is 6.91. The first-order valence-corrected chi connectivity index (χ1v) is 8.10. The summed E-state index contributed by atoms with van der Waals surface area (Å²) in [5, 5.41) is 1.29. The number of hydrogen-bond acceptors (Lipinski definition) is 5. The summed E-state index contributed by atoms with van der Waals surface area (Å²) in [6.45, 7) is 1.78. The molecule has 7 heteroatoms. The molecule has 1 amide bonds. The molecular weight excluding hydrogens is 334 g/mol. The van der Waals surface area contributed by atoms with Gasteiger partial charge in [-0.1, -0.05) is 35.1 Å². The molecular formula is C16H14ClN3O2S. The van der Waals surface area contributed by atoms with E-state index < -0.39 is 0 Å². The molecule has 2 aromatic carbocycles. The molecule has 118 valence electrons. The van der Waals surface area contributed by atoms with Crippen LogP contribution in [0.1, 0.15) is 5.56 Å². The molecule has 0 atom stereocenters. The zero-order chi connectivity index (χ0) is 16.2. The molecule has 3 aromatic rings. The van der Waals surface area contributed by atoms with Gasteiger partial charge in [0, 0.05) is 5.02 Å². The van der Waals surface area contributed by atoms with Crippen molar-refractivity contribution < 1.29 is 9.53 Å². The number of hydrogen-bond donors (Lipinski definition) is 2. The van der Waals surface area contributed by atoms with Crippen LogP contribution in [0.2, 0.25) is 5.02 Å². The fraction of sp³-hybridized carbons (Fsp3) is 0.125. The smallest absolute Gasteiger partial charge is 0.276 e. The Morgan fingerprint density at radius 2 is 2.13 bits per heavy atom. The van der Waals surface area contributed by atoms with Gasteiger partial charge < -0.3 is 4.74 Å². The molecule has 1 heterocycles. The highest BCUT2D eigenvalue weighted by atomic mass is 35.5. The average Bonchev–Trinajstić information content (AvgIpc) is 2.97. The van der Waals surface area contributed by atoms with Gasteiger partial charge >= 0.3 is 0 Å². The van der Waals surface area contributed by atoms with Crippen LogP contribution < -0.4 is 15.6 Å². The summed E-state index contributed by atoms with van der Waals surface area (Å²) in [5.74, 6) is 0.305. The van der Waals surface area contributed by atoms with E-state index in [4.69, 9.17) is 16.3 Å². The van der Waals surface area contributed by atoms with Crippen LogP contribution in [0.15, 0.2) is 42.5 Å². The average molecular weight is 348 g/mol. The standard InChI is InChI=1S/C16H14ClN3O2S/c1-10-8-11(6-7-12(10)17)22-9-15(21)19-20-16-18-13-4-2-3-5-14(13)23-16/h2-8H,9H2,1H3,(H,18,20)(H,19,21). The molecule has 0 aliphatic heterocycles. The fourth-order valence-electron chi connectivity index (χ4n) is 1.94. The maximum Gasteiger partial charge on any atom is 0.276 e. The van der Waals surface area contributed by atoms with Crippen molar-refractivity contribution in [1.82, 2.24) is 10.4 Å². The molecule has 23 heavy (non-hydrogen) atoms. The number of rotatable bonds is 5. The number of hydrazine groups is 1. The first kappa shape index (κ1) is 15.6. The van der Waals surface area contributed by atoms with Gasteiger partial charge in [0.1, 0.15) is 5.75 Å². The van der Waals surface area contributed by atoms with E-state index in [0.29, 0.717) is 15.9 Å². The molecule has 2 N–H and O–H groups in total. The molecule has 0 saturated carbocycles. The highest BCUT2D eigenvalue weighted by Gasteiger charge is 2.06. The Balaban J connectivity index is 1.52. The summed E-state index contributed by atoms with van der Waals surface area (Å²) in [4.78, 5) is 16.2. The third-order valence-electron chi connectivity index (χ3n) is 3.10. The van der Waals surface area contributed by atoms with Crippen molar-refractivity contribution in [3.05, 3.63) is 53.1 Å². The van der Waals surface area contributed by atoms with Crippen molar-refractivity contribution in [3.63, 3.8) is 0 Å². The number of amides is 1. The van der Waals surface area contributed by atoms with E-state index >= 15 is 0 Å². The van der Waals surface area contributed by atoms with Crippen molar-refractivity contribution in [3.8, 4) is 5.75 Å². The molecule has 0 bridgehead atoms. The maximum absolute atomic E-state index is 11.8. The molecule has 0 radical (unpaired) electrons. The number of aromatic nitrogens is 1. The molecule has 0 unspecified atom stereocenters. The van der Waals surface area contributed by atoms with E-state index in [9.17, 15) is 4.79 Å². The number of benzene rings is 2. The molecule has 0 aliphatic rings. The number of carbonyl (C=O) groups excluding carboxylic acids is 1. The minimum Gasteiger partial charge on any atom is -0.484 e. The molecule has 0 spiro atoms. The molecule has 3 rings (SSSR count). The second kappa shape index (κ2) is 6.85. The van der Waals surface area contributed by atoms with Gasteiger partial charge in [-0.15, -0.1) is 0 Å². The van der Waals surface area contributed by atoms with Gasteiger partial charge in [-0.3, -0.25) is 15.6 Å². The number of fused-ring (bicyclic) bond motifs is 1. The number of para-hydroxylation sites is 1. The molecule has 0 saturated heterocycles. The summed E-state index contributed by atoms with van der Waals surface area (Å²) in [6, 6.07) is 13.0. The lowest BCUT2D eigenvalue weighted by molar-refractivity contribution is -0.122. The van der Waals surface area contributed by atoms with Gasteiger partial charge in [-0.25, -0.2) is 4.98 Å². The highest BCUT2D eigenvalue weighted by Crippen LogP contribution is 2.24. The van der Waals surface area contributed by atoms with E-state index in [1.165, 1.54) is 11.3 Å². The van der Waals surface area contributed by atoms with E-state index in [1.54, 1.807) is 18.2 Å². The second-order valence-electron chi connectivity index (χ2n) is 4.86. The van der Waals surface area contributed by atoms with Crippen LogP contribution in [0.4, 0.5) is 5.13 Å². The lowest BCUT2D eigenvalue weighted by Gasteiger charge is -2.08. The Morgan fingerprint density at radius 3 is 2.91 bits per heavy atom. The van der Waals surface area contributed by atoms with Crippen LogP contribution in [0.5, 0.6) is 5.75 Å². The zero-order valence-corrected chi connectivity index (χ0v) is 13.9. The molecule has 0 aliphatic carbocycles. The largest absolute Gasteiger partial charge is 0.484 e. The Kier molecular flexibility index (Phi) is 4.64. The summed E-state index contributed by atoms with van der Waals surface area (Å²) < 4.78 is 6.48. The van der Waals surface area contributed by atoms with Crippen molar-refractivity contribution in [2.24, 2.45) is 0 Å². The maximum atomic E-state index is 11.8. The van der Waals surface area contributed by atoms with Crippen molar-refractivity contribution >= 4 is 44.2 Å². The number of thiazole rings is 1. The van der Waals surface area contributed by atoms with E-state index in [1.807, 2.05) is 31.2 Å². The third kappa shape index (κ3) is 3.91. The zero-order valence-electron chi connectivity index (χ0n) is 12.3. The highest BCUT2D eigenvalue weighted by molar-refractivity contribution is 7.22. The predicted molar refractivity (Wildman–Crippen MR) is 93.1 cm³/mol. The van der Waals surface area contributed by atoms with Crippen LogP contribution in [-0.2, 0) is 4.79 Å². The molecule has 0 fully saturated rings. The number of nitrogens with one attached hydrogen (secondary N) is 2. The molecule has 1 aromatic heterocycles. The second-order valence-corrected chi connectivity index (χ2v) is 6.30. The van der Waals surface area contributed by atoms with Crippen molar-refractivity contribution in [1.29, 1.82) is 0 Å². The van der Waals surface area contributed by atoms with Gasteiger partial charge in [-0.05, 0) is 42.8 Å². The monoisotopic (exact) mass is 347 g/mol. The lowest BCUT2D eigenvalue weighted by Crippen LogP contribution is -2.33. The van der Waals surface area contributed by atoms with Crippen LogP contribution in [-0.4, -0.2) is 17.5 Å². The van der Waals surface area contributed by atoms with Gasteiger partial charge in [0.25, 0.3) is 5.91 Å². The number of halogens is 1. The van der Waals surface area contributed by atoms with Gasteiger partial charge in [0.15, 0.2) is 6.61 Å². The van der Waals surface area contributed by atoms with Crippen LogP contribution in [0.25, 0.3) is 10.2 Å². The number of nitrogens with zero attached hydrogens (tertiary/aromatic N) is 1. The Hall–Kier alpha value is -2.31. The summed E-state index contributed by atoms with van der Waals surface area (Å²) in [5.41, 5.74) is 7.15. The van der Waals surface area contributed by atoms with E-state index in [2.05, 4.69) is 15.8 Å². The Morgan fingerprint density at radius 1 is 1.30 bits per heavy atom. The fourth-order valence-corrected chi connectivity index (χ4v) is 2.88. The summed E-state index contributed by atoms with van der Waals surface area (Å²) in [6.07, 6.45) is 0. The van der Waals surface area contributed by atoms with Crippen LogP contribution in [0, 0.1) is 6.92 Å². The summed E-state index contributed by atoms with van der Waals surface area (Å²) in [7, 11) is 0. The minimum atomic E-state index is -0.295. The normalized spacial score (nSPS) is 10.5. The van der Waals surface area contributed by atoms with Gasteiger partial charge in [-0.2, -0.15) is 0 Å². The third-order valence-corrected chi connectivity index (χ3v) is 4.48. The first-order chi connectivity index (χ1) is 11.1. The molecule has 5 nitrogen and oxygen atoms in total. The SMILES string of the molecule is Cc1cc(OCC(=O)NNc2nc3ccccc3s2)ccc1Cl. The minimum absolute atomic E-state index is 0.0982. The topological polar surface area (TPSA) is 63.2 Å². The van der Waals surface area contributed by atoms with E-state index in [-0.39, 0.29) is 12.5 Å². The van der Waals surface area contributed by atoms with Crippen LogP contribution >= 0.6 is 22.9 Å². The predicted octanol–water partition coefficient (Wildman–Crippen LogP) is 3.78. The number of ether oxygens (including phenoxy) is 1.